The highest BCUT2D eigenvalue weighted by Crippen LogP contribution is 2.56. The molecule has 0 radical (unpaired) electrons. The van der Waals surface area contributed by atoms with Gasteiger partial charge in [0.2, 0.25) is 0 Å². The van der Waals surface area contributed by atoms with Gasteiger partial charge in [0.05, 0.1) is 27.7 Å². The van der Waals surface area contributed by atoms with E-state index < -0.39 is 16.9 Å². The summed E-state index contributed by atoms with van der Waals surface area (Å²) in [5, 5.41) is 35.7. The number of β-amino-alcohol motifs (C(OH)–C–C–N with tert-alkyl or cyclic N) is 1. The molecule has 1 heterocycles. The molecule has 0 saturated heterocycles. The average molecular weight is 514 g/mol. The van der Waals surface area contributed by atoms with Crippen molar-refractivity contribution in [3.8, 4) is 0 Å². The zero-order chi connectivity index (χ0) is 23.0. The molecular weight excluding hydrogens is 494 g/mol. The van der Waals surface area contributed by atoms with E-state index in [0.29, 0.717) is 16.8 Å². The number of anilines is 1. The Morgan fingerprint density at radius 2 is 1.28 bits per heavy atom. The van der Waals surface area contributed by atoms with Crippen LogP contribution in [0.5, 0.6) is 0 Å². The Balaban J connectivity index is 1.74. The van der Waals surface area contributed by atoms with Crippen molar-refractivity contribution in [2.24, 2.45) is 0 Å². The van der Waals surface area contributed by atoms with Gasteiger partial charge >= 0.3 is 0 Å². The van der Waals surface area contributed by atoms with Crippen molar-refractivity contribution in [1.29, 1.82) is 0 Å². The molecule has 3 atom stereocenters. The molecule has 4 rings (SSSR count). The van der Waals surface area contributed by atoms with Gasteiger partial charge in [-0.3, -0.25) is 0 Å². The smallest absolute Gasteiger partial charge is 0.180 e. The molecule has 0 amide bonds. The average Bonchev–Trinajstić information content (AvgIpc) is 3.08. The van der Waals surface area contributed by atoms with Crippen molar-refractivity contribution in [2.45, 2.75) is 12.2 Å². The number of hydrogen-bond acceptors (Lipinski definition) is 4. The van der Waals surface area contributed by atoms with Crippen molar-refractivity contribution in [2.75, 3.05) is 24.7 Å². The van der Waals surface area contributed by atoms with Gasteiger partial charge in [0.15, 0.2) is 12.4 Å². The summed E-state index contributed by atoms with van der Waals surface area (Å²) in [6, 6.07) is 18.0. The number of hydrogen-bond donors (Lipinski definition) is 2. The minimum Gasteiger partial charge on any atom is -0.626 e. The summed E-state index contributed by atoms with van der Waals surface area (Å²) in [7, 11) is 0. The number of rotatable bonds is 6. The SMILES string of the molecule is [O-][N+]1(CC(O)c2ccccc2)CN(CC(O)c2ccccc2)c2c(Cl)c(Cl)c(Cl)c(Cl)c21. The van der Waals surface area contributed by atoms with Crippen LogP contribution in [0, 0.1) is 5.21 Å². The second kappa shape index (κ2) is 9.37. The van der Waals surface area contributed by atoms with Gasteiger partial charge in [-0.05, 0) is 11.1 Å². The minimum atomic E-state index is -1.05. The topological polar surface area (TPSA) is 66.8 Å². The summed E-state index contributed by atoms with van der Waals surface area (Å²) in [5.41, 5.74) is 1.74. The molecule has 0 saturated carbocycles. The standard InChI is InChI=1S/C23H20Cl4N2O3/c24-18-19(25)21(27)23-22(20(18)26)28(11-16(30)14-7-3-1-4-8-14)13-29(23,32)12-17(31)15-9-5-2-6-10-15/h1-10,16-17,30-31H,11-13H2. The summed E-state index contributed by atoms with van der Waals surface area (Å²) >= 11 is 25.6. The number of aliphatic hydroxyl groups is 2. The first-order valence-corrected chi connectivity index (χ1v) is 11.4. The number of fused-ring (bicyclic) bond motifs is 1. The maximum Gasteiger partial charge on any atom is 0.180 e. The molecule has 2 N–H and O–H groups in total. The molecule has 3 unspecified atom stereocenters. The zero-order valence-corrected chi connectivity index (χ0v) is 19.8. The van der Waals surface area contributed by atoms with Crippen LogP contribution in [0.1, 0.15) is 23.3 Å². The summed E-state index contributed by atoms with van der Waals surface area (Å²) in [5.74, 6) is 0. The molecule has 9 heteroatoms. The third-order valence-electron chi connectivity index (χ3n) is 5.57. The van der Waals surface area contributed by atoms with Crippen molar-refractivity contribution in [1.82, 2.24) is 4.65 Å². The van der Waals surface area contributed by atoms with Gasteiger partial charge in [0, 0.05) is 0 Å². The van der Waals surface area contributed by atoms with Gasteiger partial charge in [0.1, 0.15) is 23.4 Å². The van der Waals surface area contributed by atoms with E-state index in [-0.39, 0.29) is 45.5 Å². The Morgan fingerprint density at radius 1 is 0.781 bits per heavy atom. The number of aliphatic hydroxyl groups excluding tert-OH is 2. The van der Waals surface area contributed by atoms with E-state index in [0.717, 1.165) is 0 Å². The van der Waals surface area contributed by atoms with Crippen LogP contribution in [0.4, 0.5) is 11.4 Å². The lowest BCUT2D eigenvalue weighted by Crippen LogP contribution is -2.49. The maximum absolute atomic E-state index is 14.1. The third-order valence-corrected chi connectivity index (χ3v) is 7.35. The fourth-order valence-electron chi connectivity index (χ4n) is 4.03. The molecule has 0 bridgehead atoms. The van der Waals surface area contributed by atoms with E-state index in [1.807, 2.05) is 24.3 Å². The summed E-state index contributed by atoms with van der Waals surface area (Å²) in [6.07, 6.45) is -1.94. The molecule has 0 spiro atoms. The normalized spacial score (nSPS) is 19.7. The minimum absolute atomic E-state index is 0.0111. The molecule has 0 aromatic heterocycles. The first kappa shape index (κ1) is 23.6. The van der Waals surface area contributed by atoms with Gasteiger partial charge in [-0.1, -0.05) is 107 Å². The van der Waals surface area contributed by atoms with Crippen LogP contribution in [0.2, 0.25) is 20.1 Å². The fraction of sp³-hybridized carbons (Fsp3) is 0.217. The largest absolute Gasteiger partial charge is 0.626 e. The second-order valence-electron chi connectivity index (χ2n) is 7.74. The van der Waals surface area contributed by atoms with Crippen molar-refractivity contribution in [3.05, 3.63) is 97.1 Å². The van der Waals surface area contributed by atoms with E-state index in [1.165, 1.54) is 0 Å². The van der Waals surface area contributed by atoms with Gasteiger partial charge in [-0.2, -0.15) is 0 Å². The predicted molar refractivity (Wildman–Crippen MR) is 132 cm³/mol. The molecular formula is C23H20Cl4N2O3. The number of nitrogens with zero attached hydrogens (tertiary/aromatic N) is 2. The van der Waals surface area contributed by atoms with Crippen LogP contribution in [0.3, 0.4) is 0 Å². The second-order valence-corrected chi connectivity index (χ2v) is 9.25. The Bertz CT molecular complexity index is 1120. The number of quaternary nitrogens is 1. The molecule has 168 valence electrons. The predicted octanol–water partition coefficient (Wildman–Crippen LogP) is 6.35. The first-order chi connectivity index (χ1) is 15.2. The Kier molecular flexibility index (Phi) is 6.92. The molecule has 1 aliphatic rings. The Hall–Kier alpha value is -1.54. The van der Waals surface area contributed by atoms with Gasteiger partial charge < -0.3 is 25.0 Å². The van der Waals surface area contributed by atoms with Crippen LogP contribution < -0.4 is 9.55 Å². The lowest BCUT2D eigenvalue weighted by Gasteiger charge is -2.40. The van der Waals surface area contributed by atoms with Crippen LogP contribution in [-0.4, -0.2) is 30.0 Å². The van der Waals surface area contributed by atoms with Crippen molar-refractivity contribution in [3.63, 3.8) is 0 Å². The van der Waals surface area contributed by atoms with E-state index in [1.54, 1.807) is 41.3 Å². The Morgan fingerprint density at radius 3 is 1.84 bits per heavy atom. The summed E-state index contributed by atoms with van der Waals surface area (Å²) in [4.78, 5) is 1.65. The van der Waals surface area contributed by atoms with Gasteiger partial charge in [-0.25, -0.2) is 0 Å². The van der Waals surface area contributed by atoms with E-state index in [2.05, 4.69) is 0 Å². The molecule has 32 heavy (non-hydrogen) atoms. The Labute approximate surface area is 206 Å². The molecule has 0 fully saturated rings. The van der Waals surface area contributed by atoms with E-state index >= 15 is 0 Å². The molecule has 3 aromatic carbocycles. The highest BCUT2D eigenvalue weighted by molar-refractivity contribution is 6.54. The first-order valence-electron chi connectivity index (χ1n) is 9.88. The van der Waals surface area contributed by atoms with Crippen molar-refractivity contribution >= 4 is 57.8 Å². The molecule has 5 nitrogen and oxygen atoms in total. The fourth-order valence-corrected chi connectivity index (χ4v) is 5.14. The van der Waals surface area contributed by atoms with E-state index in [9.17, 15) is 15.4 Å². The third kappa shape index (κ3) is 4.32. The van der Waals surface area contributed by atoms with Crippen LogP contribution in [0.25, 0.3) is 0 Å². The molecule has 1 aliphatic heterocycles. The highest BCUT2D eigenvalue weighted by Gasteiger charge is 2.44. The van der Waals surface area contributed by atoms with Crippen molar-refractivity contribution < 1.29 is 10.2 Å². The van der Waals surface area contributed by atoms with Crippen LogP contribution in [-0.2, 0) is 0 Å². The van der Waals surface area contributed by atoms with Crippen LogP contribution in [0.15, 0.2) is 60.7 Å². The summed E-state index contributed by atoms with van der Waals surface area (Å²) < 4.78 is -0.998. The highest BCUT2D eigenvalue weighted by atomic mass is 35.5. The maximum atomic E-state index is 14.1. The van der Waals surface area contributed by atoms with E-state index in [4.69, 9.17) is 46.4 Å². The monoisotopic (exact) mass is 512 g/mol. The summed E-state index contributed by atoms with van der Waals surface area (Å²) in [6.45, 7) is -0.267. The number of hydroxylamine groups is 2. The van der Waals surface area contributed by atoms with Gasteiger partial charge in [-0.15, -0.1) is 0 Å². The zero-order valence-electron chi connectivity index (χ0n) is 16.8. The van der Waals surface area contributed by atoms with Crippen LogP contribution >= 0.6 is 46.4 Å². The molecule has 0 aliphatic carbocycles. The number of benzene rings is 3. The quantitative estimate of drug-likeness (QED) is 0.174. The lowest BCUT2D eigenvalue weighted by molar-refractivity contribution is 0.137. The number of halogens is 4. The molecule has 3 aromatic rings. The lowest BCUT2D eigenvalue weighted by atomic mass is 10.1. The van der Waals surface area contributed by atoms with Gasteiger partial charge in [0.25, 0.3) is 0 Å².